The van der Waals surface area contributed by atoms with Gasteiger partial charge in [0.15, 0.2) is 5.96 Å². The molecule has 0 bridgehead atoms. The van der Waals surface area contributed by atoms with Gasteiger partial charge in [0, 0.05) is 32.0 Å². The highest BCUT2D eigenvalue weighted by Gasteiger charge is 2.22. The summed E-state index contributed by atoms with van der Waals surface area (Å²) in [7, 11) is 3.35. The Morgan fingerprint density at radius 1 is 1.36 bits per heavy atom. The van der Waals surface area contributed by atoms with E-state index in [2.05, 4.69) is 27.9 Å². The molecule has 0 aromatic heterocycles. The molecule has 0 aromatic carbocycles. The first-order chi connectivity index (χ1) is 10.7. The molecule has 1 saturated carbocycles. The topological polar surface area (TPSA) is 74.8 Å². The van der Waals surface area contributed by atoms with Crippen molar-refractivity contribution in [2.24, 2.45) is 4.99 Å². The lowest BCUT2D eigenvalue weighted by atomic mass is 9.95. The second kappa shape index (κ2) is 11.6. The summed E-state index contributed by atoms with van der Waals surface area (Å²) >= 11 is 2.04. The van der Waals surface area contributed by atoms with Crippen molar-refractivity contribution in [1.82, 2.24) is 16.0 Å². The number of guanidine groups is 1. The number of nitrogens with zero attached hydrogens (tertiary/aromatic N) is 1. The van der Waals surface area contributed by atoms with Crippen molar-refractivity contribution in [3.05, 3.63) is 0 Å². The van der Waals surface area contributed by atoms with Gasteiger partial charge < -0.3 is 20.7 Å². The molecule has 3 N–H and O–H groups in total. The Morgan fingerprint density at radius 3 is 2.86 bits per heavy atom. The van der Waals surface area contributed by atoms with Crippen LogP contribution in [0.3, 0.4) is 0 Å². The van der Waals surface area contributed by atoms with E-state index in [1.54, 1.807) is 14.2 Å². The van der Waals surface area contributed by atoms with Crippen molar-refractivity contribution >= 4 is 23.6 Å². The minimum Gasteiger partial charge on any atom is -0.383 e. The third kappa shape index (κ3) is 7.89. The molecule has 1 rings (SSSR count). The maximum Gasteiger partial charge on any atom is 0.239 e. The molecule has 0 heterocycles. The summed E-state index contributed by atoms with van der Waals surface area (Å²) in [6.07, 6.45) is 4.90. The van der Waals surface area contributed by atoms with Crippen molar-refractivity contribution in [3.8, 4) is 0 Å². The summed E-state index contributed by atoms with van der Waals surface area (Å²) in [5.41, 5.74) is 0. The van der Waals surface area contributed by atoms with Crippen LogP contribution in [0.1, 0.15) is 32.6 Å². The minimum absolute atomic E-state index is 0.0527. The minimum atomic E-state index is -0.0527. The summed E-state index contributed by atoms with van der Waals surface area (Å²) in [6, 6.07) is 0.445. The van der Waals surface area contributed by atoms with Crippen LogP contribution in [0.5, 0.6) is 0 Å². The highest BCUT2D eigenvalue weighted by molar-refractivity contribution is 7.99. The summed E-state index contributed by atoms with van der Waals surface area (Å²) in [5, 5.41) is 10.0. The first kappa shape index (κ1) is 19.1. The number of carbonyl (C=O) groups excluding carboxylic acids is 1. The van der Waals surface area contributed by atoms with Crippen LogP contribution < -0.4 is 16.0 Å². The predicted molar refractivity (Wildman–Crippen MR) is 93.6 cm³/mol. The predicted octanol–water partition coefficient (Wildman–Crippen LogP) is 0.978. The number of methoxy groups -OCH3 is 1. The molecule has 0 spiro atoms. The Balaban J connectivity index is 2.28. The molecule has 22 heavy (non-hydrogen) atoms. The lowest BCUT2D eigenvalue weighted by Crippen LogP contribution is -2.48. The first-order valence-electron chi connectivity index (χ1n) is 8.04. The molecule has 0 radical (unpaired) electrons. The molecule has 2 atom stereocenters. The van der Waals surface area contributed by atoms with Crippen LogP contribution in [0.2, 0.25) is 0 Å². The molecule has 1 aliphatic carbocycles. The quantitative estimate of drug-likeness (QED) is 0.351. The van der Waals surface area contributed by atoms with Crippen LogP contribution >= 0.6 is 11.8 Å². The van der Waals surface area contributed by atoms with Gasteiger partial charge in [0.2, 0.25) is 5.91 Å². The summed E-state index contributed by atoms with van der Waals surface area (Å²) in [4.78, 5) is 15.9. The normalized spacial score (nSPS) is 22.2. The Morgan fingerprint density at radius 2 is 2.18 bits per heavy atom. The number of thioether (sulfide) groups is 1. The number of rotatable bonds is 8. The number of amides is 1. The molecule has 128 valence electrons. The summed E-state index contributed by atoms with van der Waals surface area (Å²) in [5.74, 6) is 1.82. The van der Waals surface area contributed by atoms with Gasteiger partial charge in [-0.1, -0.05) is 13.3 Å². The summed E-state index contributed by atoms with van der Waals surface area (Å²) < 4.78 is 4.90. The highest BCUT2D eigenvalue weighted by Crippen LogP contribution is 2.28. The van der Waals surface area contributed by atoms with Crippen molar-refractivity contribution in [2.45, 2.75) is 43.9 Å². The van der Waals surface area contributed by atoms with E-state index < -0.39 is 0 Å². The van der Waals surface area contributed by atoms with Gasteiger partial charge in [-0.15, -0.1) is 0 Å². The van der Waals surface area contributed by atoms with E-state index in [1.165, 1.54) is 31.4 Å². The molecule has 1 amide bonds. The molecule has 0 aromatic rings. The van der Waals surface area contributed by atoms with E-state index in [1.807, 2.05) is 11.8 Å². The molecule has 1 aliphatic rings. The molecular formula is C15H30N4O2S. The molecule has 2 unspecified atom stereocenters. The van der Waals surface area contributed by atoms with Gasteiger partial charge in [0.05, 0.1) is 13.2 Å². The number of aliphatic imine (C=N–C) groups is 1. The Labute approximate surface area is 138 Å². The molecule has 1 fully saturated rings. The van der Waals surface area contributed by atoms with Gasteiger partial charge in [0.1, 0.15) is 0 Å². The fraction of sp³-hybridized carbons (Fsp3) is 0.867. The third-order valence-corrected chi connectivity index (χ3v) is 4.87. The second-order valence-corrected chi connectivity index (χ2v) is 6.93. The lowest BCUT2D eigenvalue weighted by Gasteiger charge is -2.30. The third-order valence-electron chi connectivity index (χ3n) is 3.64. The van der Waals surface area contributed by atoms with Gasteiger partial charge >= 0.3 is 0 Å². The van der Waals surface area contributed by atoms with E-state index in [4.69, 9.17) is 4.74 Å². The van der Waals surface area contributed by atoms with E-state index in [0.717, 1.165) is 5.25 Å². The molecule has 7 heteroatoms. The summed E-state index contributed by atoms with van der Waals surface area (Å²) in [6.45, 7) is 3.49. The SMILES string of the molecule is CCSC1CCCC(NC(=NC)NCC(=O)NCCOC)C1. The van der Waals surface area contributed by atoms with Gasteiger partial charge in [-0.25, -0.2) is 0 Å². The zero-order valence-corrected chi connectivity index (χ0v) is 14.8. The number of nitrogens with one attached hydrogen (secondary N) is 3. The van der Waals surface area contributed by atoms with Gasteiger partial charge in [-0.05, 0) is 25.0 Å². The fourth-order valence-electron chi connectivity index (χ4n) is 2.57. The van der Waals surface area contributed by atoms with Crippen LogP contribution in [0, 0.1) is 0 Å². The monoisotopic (exact) mass is 330 g/mol. The highest BCUT2D eigenvalue weighted by atomic mass is 32.2. The van der Waals surface area contributed by atoms with Crippen LogP contribution in [0.15, 0.2) is 4.99 Å². The number of hydrogen-bond donors (Lipinski definition) is 3. The number of carbonyl (C=O) groups is 1. The fourth-order valence-corrected chi connectivity index (χ4v) is 3.74. The van der Waals surface area contributed by atoms with Gasteiger partial charge in [-0.3, -0.25) is 9.79 Å². The molecule has 0 saturated heterocycles. The first-order valence-corrected chi connectivity index (χ1v) is 9.08. The van der Waals surface area contributed by atoms with Crippen molar-refractivity contribution in [1.29, 1.82) is 0 Å². The second-order valence-electron chi connectivity index (χ2n) is 5.35. The zero-order valence-electron chi connectivity index (χ0n) is 14.0. The molecule has 6 nitrogen and oxygen atoms in total. The van der Waals surface area contributed by atoms with E-state index >= 15 is 0 Å². The molecular weight excluding hydrogens is 300 g/mol. The van der Waals surface area contributed by atoms with E-state index in [-0.39, 0.29) is 12.5 Å². The van der Waals surface area contributed by atoms with E-state index in [9.17, 15) is 4.79 Å². The Hall–Kier alpha value is -0.950. The maximum absolute atomic E-state index is 11.7. The van der Waals surface area contributed by atoms with Crippen LogP contribution in [-0.2, 0) is 9.53 Å². The average molecular weight is 330 g/mol. The smallest absolute Gasteiger partial charge is 0.239 e. The largest absolute Gasteiger partial charge is 0.383 e. The standard InChI is InChI=1S/C15H30N4O2S/c1-4-22-13-7-5-6-12(10-13)19-15(16-2)18-11-14(20)17-8-9-21-3/h12-13H,4-11H2,1-3H3,(H,17,20)(H2,16,18,19). The average Bonchev–Trinajstić information content (AvgIpc) is 2.52. The van der Waals surface area contributed by atoms with E-state index in [0.29, 0.717) is 25.2 Å². The van der Waals surface area contributed by atoms with Crippen LogP contribution in [0.4, 0.5) is 0 Å². The van der Waals surface area contributed by atoms with Crippen molar-refractivity contribution in [2.75, 3.05) is 39.6 Å². The number of ether oxygens (including phenoxy) is 1. The van der Waals surface area contributed by atoms with Crippen LogP contribution in [0.25, 0.3) is 0 Å². The van der Waals surface area contributed by atoms with Crippen molar-refractivity contribution < 1.29 is 9.53 Å². The zero-order chi connectivity index (χ0) is 16.2. The number of hydrogen-bond acceptors (Lipinski definition) is 4. The van der Waals surface area contributed by atoms with Gasteiger partial charge in [0.25, 0.3) is 0 Å². The van der Waals surface area contributed by atoms with Gasteiger partial charge in [-0.2, -0.15) is 11.8 Å². The van der Waals surface area contributed by atoms with Crippen LogP contribution in [-0.4, -0.2) is 62.8 Å². The van der Waals surface area contributed by atoms with Crippen molar-refractivity contribution in [3.63, 3.8) is 0 Å². The Bertz CT molecular complexity index is 350. The maximum atomic E-state index is 11.7. The lowest BCUT2D eigenvalue weighted by molar-refractivity contribution is -0.120. The molecule has 0 aliphatic heterocycles. The Kier molecular flexibility index (Phi) is 10.1.